The number of hydrogen-bond donors (Lipinski definition) is 1. The number of nitro benzene ring substituents is 1. The van der Waals surface area contributed by atoms with Gasteiger partial charge in [0.25, 0.3) is 5.69 Å². The molecule has 0 radical (unpaired) electrons. The summed E-state index contributed by atoms with van der Waals surface area (Å²) < 4.78 is 22.7. The lowest BCUT2D eigenvalue weighted by Crippen LogP contribution is -2.18. The van der Waals surface area contributed by atoms with Crippen molar-refractivity contribution in [3.8, 4) is 0 Å². The monoisotopic (exact) mass is 312 g/mol. The molecule has 1 aliphatic rings. The molecule has 1 aromatic rings. The molecule has 1 aromatic carbocycles. The Kier molecular flexibility index (Phi) is 4.26. The van der Waals surface area contributed by atoms with Crippen molar-refractivity contribution >= 4 is 27.1 Å². The molecule has 0 aliphatic carbocycles. The van der Waals surface area contributed by atoms with Crippen LogP contribution < -0.4 is 5.32 Å². The van der Waals surface area contributed by atoms with Gasteiger partial charge in [0.2, 0.25) is 5.91 Å². The minimum absolute atomic E-state index is 0.0103. The van der Waals surface area contributed by atoms with Crippen LogP contribution in [0.5, 0.6) is 0 Å². The molecule has 0 saturated carbocycles. The lowest BCUT2D eigenvalue weighted by atomic mass is 10.0. The highest BCUT2D eigenvalue weighted by molar-refractivity contribution is 7.91. The van der Waals surface area contributed by atoms with Crippen LogP contribution in [-0.2, 0) is 14.6 Å². The summed E-state index contributed by atoms with van der Waals surface area (Å²) in [5.74, 6) is -0.491. The van der Waals surface area contributed by atoms with E-state index in [0.717, 1.165) is 5.56 Å². The molecule has 114 valence electrons. The summed E-state index contributed by atoms with van der Waals surface area (Å²) in [5.41, 5.74) is 0.695. The summed E-state index contributed by atoms with van der Waals surface area (Å²) in [6.07, 6.45) is 0.524. The van der Waals surface area contributed by atoms with Gasteiger partial charge in [0.1, 0.15) is 5.69 Å². The standard InChI is InChI=1S/C13H16N2O5S/c1-9-2-3-11(12(6-9)15(17)18)14-13(16)7-10-4-5-21(19,20)8-10/h2-3,6,10H,4-5,7-8H2,1H3,(H,14,16). The summed E-state index contributed by atoms with van der Waals surface area (Å²) in [7, 11) is -3.03. The molecule has 1 saturated heterocycles. The lowest BCUT2D eigenvalue weighted by molar-refractivity contribution is -0.384. The number of rotatable bonds is 4. The van der Waals surface area contributed by atoms with Crippen LogP contribution in [0.25, 0.3) is 0 Å². The summed E-state index contributed by atoms with van der Waals surface area (Å²) in [6.45, 7) is 1.72. The fourth-order valence-electron chi connectivity index (χ4n) is 2.39. The van der Waals surface area contributed by atoms with E-state index >= 15 is 0 Å². The quantitative estimate of drug-likeness (QED) is 0.672. The van der Waals surface area contributed by atoms with Gasteiger partial charge in [0, 0.05) is 12.5 Å². The molecule has 0 aromatic heterocycles. The minimum Gasteiger partial charge on any atom is -0.320 e. The number of sulfone groups is 1. The van der Waals surface area contributed by atoms with Crippen molar-refractivity contribution in [3.63, 3.8) is 0 Å². The Morgan fingerprint density at radius 2 is 2.19 bits per heavy atom. The Bertz CT molecular complexity index is 684. The van der Waals surface area contributed by atoms with E-state index in [0.29, 0.717) is 6.42 Å². The third kappa shape index (κ3) is 4.01. The molecular weight excluding hydrogens is 296 g/mol. The zero-order chi connectivity index (χ0) is 15.6. The SMILES string of the molecule is Cc1ccc(NC(=O)CC2CCS(=O)(=O)C2)c([N+](=O)[O-])c1. The number of aryl methyl sites for hydroxylation is 1. The largest absolute Gasteiger partial charge is 0.320 e. The summed E-state index contributed by atoms with van der Waals surface area (Å²) in [4.78, 5) is 22.3. The Hall–Kier alpha value is -1.96. The molecule has 1 unspecified atom stereocenters. The Labute approximate surface area is 122 Å². The highest BCUT2D eigenvalue weighted by Gasteiger charge is 2.29. The van der Waals surface area contributed by atoms with E-state index in [1.807, 2.05) is 0 Å². The van der Waals surface area contributed by atoms with Crippen LogP contribution in [0.1, 0.15) is 18.4 Å². The second kappa shape index (κ2) is 5.80. The van der Waals surface area contributed by atoms with Crippen LogP contribution >= 0.6 is 0 Å². The number of nitrogens with zero attached hydrogens (tertiary/aromatic N) is 1. The molecule has 0 bridgehead atoms. The van der Waals surface area contributed by atoms with Crippen molar-refractivity contribution in [3.05, 3.63) is 33.9 Å². The molecule has 1 N–H and O–H groups in total. The van der Waals surface area contributed by atoms with E-state index in [4.69, 9.17) is 0 Å². The van der Waals surface area contributed by atoms with E-state index in [-0.39, 0.29) is 35.2 Å². The van der Waals surface area contributed by atoms with Gasteiger partial charge in [-0.1, -0.05) is 6.07 Å². The van der Waals surface area contributed by atoms with Crippen molar-refractivity contribution in [2.45, 2.75) is 19.8 Å². The van der Waals surface area contributed by atoms with E-state index < -0.39 is 20.7 Å². The zero-order valence-electron chi connectivity index (χ0n) is 11.5. The molecule has 1 fully saturated rings. The van der Waals surface area contributed by atoms with Gasteiger partial charge in [-0.05, 0) is 30.9 Å². The van der Waals surface area contributed by atoms with Gasteiger partial charge >= 0.3 is 0 Å². The van der Waals surface area contributed by atoms with Gasteiger partial charge < -0.3 is 5.32 Å². The first kappa shape index (κ1) is 15.4. The number of anilines is 1. The molecule has 1 atom stereocenters. The second-order valence-corrected chi connectivity index (χ2v) is 7.53. The van der Waals surface area contributed by atoms with Gasteiger partial charge in [0.15, 0.2) is 9.84 Å². The molecule has 1 heterocycles. The first-order chi connectivity index (χ1) is 9.77. The Morgan fingerprint density at radius 1 is 1.48 bits per heavy atom. The van der Waals surface area contributed by atoms with E-state index in [1.165, 1.54) is 12.1 Å². The topological polar surface area (TPSA) is 106 Å². The third-order valence-corrected chi connectivity index (χ3v) is 5.26. The van der Waals surface area contributed by atoms with Gasteiger partial charge in [-0.25, -0.2) is 8.42 Å². The molecular formula is C13H16N2O5S. The molecule has 7 nitrogen and oxygen atoms in total. The number of hydrogen-bond acceptors (Lipinski definition) is 5. The highest BCUT2D eigenvalue weighted by Crippen LogP contribution is 2.27. The van der Waals surface area contributed by atoms with E-state index in [1.54, 1.807) is 13.0 Å². The van der Waals surface area contributed by atoms with Crippen LogP contribution in [0.4, 0.5) is 11.4 Å². The average molecular weight is 312 g/mol. The van der Waals surface area contributed by atoms with Gasteiger partial charge in [-0.15, -0.1) is 0 Å². The normalized spacial score (nSPS) is 20.1. The van der Waals surface area contributed by atoms with Crippen LogP contribution in [0.15, 0.2) is 18.2 Å². The molecule has 2 rings (SSSR count). The van der Waals surface area contributed by atoms with Gasteiger partial charge in [0.05, 0.1) is 16.4 Å². The van der Waals surface area contributed by atoms with Crippen LogP contribution in [0, 0.1) is 23.0 Å². The summed E-state index contributed by atoms with van der Waals surface area (Å²) in [5, 5.41) is 13.5. The van der Waals surface area contributed by atoms with Crippen LogP contribution in [0.2, 0.25) is 0 Å². The molecule has 0 spiro atoms. The smallest absolute Gasteiger partial charge is 0.293 e. The van der Waals surface area contributed by atoms with Crippen molar-refractivity contribution in [1.82, 2.24) is 0 Å². The van der Waals surface area contributed by atoms with Crippen molar-refractivity contribution in [2.75, 3.05) is 16.8 Å². The lowest BCUT2D eigenvalue weighted by Gasteiger charge is -2.09. The van der Waals surface area contributed by atoms with Gasteiger partial charge in [-0.2, -0.15) is 0 Å². The number of benzene rings is 1. The van der Waals surface area contributed by atoms with Crippen molar-refractivity contribution in [1.29, 1.82) is 0 Å². The van der Waals surface area contributed by atoms with Gasteiger partial charge in [-0.3, -0.25) is 14.9 Å². The Balaban J connectivity index is 2.05. The average Bonchev–Trinajstić information content (AvgIpc) is 2.70. The molecule has 21 heavy (non-hydrogen) atoms. The fourth-order valence-corrected chi connectivity index (χ4v) is 4.26. The first-order valence-corrected chi connectivity index (χ1v) is 8.34. The van der Waals surface area contributed by atoms with Crippen LogP contribution in [0.3, 0.4) is 0 Å². The minimum atomic E-state index is -3.03. The second-order valence-electron chi connectivity index (χ2n) is 5.30. The van der Waals surface area contributed by atoms with E-state index in [9.17, 15) is 23.3 Å². The fraction of sp³-hybridized carbons (Fsp3) is 0.462. The maximum Gasteiger partial charge on any atom is 0.293 e. The summed E-state index contributed by atoms with van der Waals surface area (Å²) in [6, 6.07) is 4.54. The predicted molar refractivity (Wildman–Crippen MR) is 77.8 cm³/mol. The maximum absolute atomic E-state index is 11.9. The maximum atomic E-state index is 11.9. The number of nitrogens with one attached hydrogen (secondary N) is 1. The van der Waals surface area contributed by atoms with Crippen molar-refractivity contribution in [2.24, 2.45) is 5.92 Å². The first-order valence-electron chi connectivity index (χ1n) is 6.52. The summed E-state index contributed by atoms with van der Waals surface area (Å²) >= 11 is 0. The number of carbonyl (C=O) groups excluding carboxylic acids is 1. The predicted octanol–water partition coefficient (Wildman–Crippen LogP) is 1.67. The third-order valence-electron chi connectivity index (χ3n) is 3.42. The highest BCUT2D eigenvalue weighted by atomic mass is 32.2. The van der Waals surface area contributed by atoms with Crippen LogP contribution in [-0.4, -0.2) is 30.8 Å². The number of nitro groups is 1. The molecule has 8 heteroatoms. The molecule has 1 amide bonds. The van der Waals surface area contributed by atoms with E-state index in [2.05, 4.69) is 5.32 Å². The van der Waals surface area contributed by atoms with Crippen molar-refractivity contribution < 1.29 is 18.1 Å². The zero-order valence-corrected chi connectivity index (χ0v) is 12.4. The number of carbonyl (C=O) groups is 1. The molecule has 1 aliphatic heterocycles. The Morgan fingerprint density at radius 3 is 2.76 bits per heavy atom. The number of amides is 1.